The van der Waals surface area contributed by atoms with E-state index in [1.54, 1.807) is 11.3 Å². The zero-order valence-corrected chi connectivity index (χ0v) is 13.6. The van der Waals surface area contributed by atoms with Crippen LogP contribution in [-0.2, 0) is 4.79 Å². The average molecular weight is 319 g/mol. The average Bonchev–Trinajstić information content (AvgIpc) is 2.64. The lowest BCUT2D eigenvalue weighted by atomic mass is 10.00. The van der Waals surface area contributed by atoms with E-state index in [2.05, 4.69) is 24.2 Å². The van der Waals surface area contributed by atoms with E-state index in [-0.39, 0.29) is 5.91 Å². The number of benzene rings is 1. The van der Waals surface area contributed by atoms with Crippen molar-refractivity contribution in [2.45, 2.75) is 26.8 Å². The normalized spacial score (nSPS) is 17.8. The SMILES string of the molecule is Cc1sc2c(c1C)C(c1ccc(Cl)cc1)=N[C@@H](C)C(=O)N2. The first kappa shape index (κ1) is 14.3. The van der Waals surface area contributed by atoms with Gasteiger partial charge < -0.3 is 5.32 Å². The van der Waals surface area contributed by atoms with Crippen LogP contribution in [0, 0.1) is 13.8 Å². The van der Waals surface area contributed by atoms with Gasteiger partial charge in [0.1, 0.15) is 11.0 Å². The van der Waals surface area contributed by atoms with Gasteiger partial charge in [-0.15, -0.1) is 11.3 Å². The Morgan fingerprint density at radius 2 is 1.90 bits per heavy atom. The molecule has 1 aliphatic heterocycles. The Balaban J connectivity index is 2.24. The molecule has 1 atom stereocenters. The zero-order chi connectivity index (χ0) is 15.1. The molecule has 108 valence electrons. The molecule has 1 amide bonds. The maximum absolute atomic E-state index is 12.1. The minimum absolute atomic E-state index is 0.0681. The maximum atomic E-state index is 12.1. The van der Waals surface area contributed by atoms with Crippen LogP contribution in [0.1, 0.15) is 28.5 Å². The summed E-state index contributed by atoms with van der Waals surface area (Å²) in [4.78, 5) is 17.9. The van der Waals surface area contributed by atoms with Crippen molar-refractivity contribution in [2.24, 2.45) is 4.99 Å². The highest BCUT2D eigenvalue weighted by molar-refractivity contribution is 7.17. The predicted molar refractivity (Wildman–Crippen MR) is 89.0 cm³/mol. The summed E-state index contributed by atoms with van der Waals surface area (Å²) in [6, 6.07) is 7.17. The van der Waals surface area contributed by atoms with Gasteiger partial charge in [-0.05, 0) is 38.5 Å². The molecule has 1 aromatic carbocycles. The monoisotopic (exact) mass is 318 g/mol. The minimum atomic E-state index is -0.407. The Labute approximate surface area is 132 Å². The highest BCUT2D eigenvalue weighted by Gasteiger charge is 2.26. The number of hydrogen-bond acceptors (Lipinski definition) is 3. The molecule has 0 aliphatic carbocycles. The van der Waals surface area contributed by atoms with Crippen molar-refractivity contribution >= 4 is 39.6 Å². The summed E-state index contributed by atoms with van der Waals surface area (Å²) >= 11 is 7.56. The van der Waals surface area contributed by atoms with Crippen molar-refractivity contribution in [3.63, 3.8) is 0 Å². The van der Waals surface area contributed by atoms with Crippen molar-refractivity contribution in [2.75, 3.05) is 5.32 Å². The van der Waals surface area contributed by atoms with Gasteiger partial charge in [0.15, 0.2) is 0 Å². The largest absolute Gasteiger partial charge is 0.315 e. The van der Waals surface area contributed by atoms with E-state index in [0.717, 1.165) is 27.4 Å². The molecule has 0 fully saturated rings. The number of aliphatic imine (C=N–C) groups is 1. The molecule has 1 aromatic heterocycles. The molecule has 0 saturated heterocycles. The van der Waals surface area contributed by atoms with Crippen LogP contribution in [0.5, 0.6) is 0 Å². The number of amides is 1. The number of thiophene rings is 1. The van der Waals surface area contributed by atoms with Gasteiger partial charge in [0, 0.05) is 21.0 Å². The Morgan fingerprint density at radius 3 is 2.57 bits per heavy atom. The van der Waals surface area contributed by atoms with E-state index < -0.39 is 6.04 Å². The Hall–Kier alpha value is -1.65. The number of hydrogen-bond donors (Lipinski definition) is 1. The number of carbonyl (C=O) groups excluding carboxylic acids is 1. The second kappa shape index (κ2) is 5.28. The first-order valence-electron chi connectivity index (χ1n) is 6.72. The van der Waals surface area contributed by atoms with E-state index in [1.807, 2.05) is 31.2 Å². The van der Waals surface area contributed by atoms with E-state index >= 15 is 0 Å². The zero-order valence-electron chi connectivity index (χ0n) is 12.0. The molecule has 1 aliphatic rings. The number of aryl methyl sites for hydroxylation is 1. The molecule has 0 unspecified atom stereocenters. The van der Waals surface area contributed by atoms with Crippen LogP contribution in [0.25, 0.3) is 0 Å². The highest BCUT2D eigenvalue weighted by Crippen LogP contribution is 2.36. The Bertz CT molecular complexity index is 746. The molecule has 2 heterocycles. The minimum Gasteiger partial charge on any atom is -0.315 e. The predicted octanol–water partition coefficient (Wildman–Crippen LogP) is 4.20. The molecular formula is C16H15ClN2OS. The van der Waals surface area contributed by atoms with E-state index in [4.69, 9.17) is 11.6 Å². The maximum Gasteiger partial charge on any atom is 0.249 e. The van der Waals surface area contributed by atoms with Gasteiger partial charge in [-0.3, -0.25) is 9.79 Å². The lowest BCUT2D eigenvalue weighted by Gasteiger charge is -2.08. The quantitative estimate of drug-likeness (QED) is 0.841. The Kier molecular flexibility index (Phi) is 3.59. The third-order valence-electron chi connectivity index (χ3n) is 3.68. The van der Waals surface area contributed by atoms with Gasteiger partial charge in [0.25, 0.3) is 0 Å². The summed E-state index contributed by atoms with van der Waals surface area (Å²) in [7, 11) is 0. The number of halogens is 1. The molecule has 1 N–H and O–H groups in total. The second-order valence-electron chi connectivity index (χ2n) is 5.14. The molecule has 0 bridgehead atoms. The highest BCUT2D eigenvalue weighted by atomic mass is 35.5. The van der Waals surface area contributed by atoms with Crippen LogP contribution in [0.4, 0.5) is 5.00 Å². The smallest absolute Gasteiger partial charge is 0.249 e. The van der Waals surface area contributed by atoms with Gasteiger partial charge >= 0.3 is 0 Å². The topological polar surface area (TPSA) is 41.5 Å². The van der Waals surface area contributed by atoms with Gasteiger partial charge in [0.2, 0.25) is 5.91 Å². The van der Waals surface area contributed by atoms with E-state index in [0.29, 0.717) is 5.02 Å². The van der Waals surface area contributed by atoms with Crippen LogP contribution in [0.15, 0.2) is 29.3 Å². The summed E-state index contributed by atoms with van der Waals surface area (Å²) in [5.41, 5.74) is 4.02. The number of rotatable bonds is 1. The lowest BCUT2D eigenvalue weighted by molar-refractivity contribution is -0.116. The van der Waals surface area contributed by atoms with Crippen molar-refractivity contribution in [3.05, 3.63) is 50.9 Å². The fourth-order valence-corrected chi connectivity index (χ4v) is 3.55. The third kappa shape index (κ3) is 2.49. The number of fused-ring (bicyclic) bond motifs is 1. The van der Waals surface area contributed by atoms with Crippen LogP contribution in [0.2, 0.25) is 5.02 Å². The van der Waals surface area contributed by atoms with E-state index in [1.165, 1.54) is 4.88 Å². The molecule has 3 nitrogen and oxygen atoms in total. The van der Waals surface area contributed by atoms with Crippen molar-refractivity contribution < 1.29 is 4.79 Å². The second-order valence-corrected chi connectivity index (χ2v) is 6.80. The van der Waals surface area contributed by atoms with Gasteiger partial charge in [-0.25, -0.2) is 0 Å². The van der Waals surface area contributed by atoms with E-state index in [9.17, 15) is 4.79 Å². The molecule has 3 rings (SSSR count). The summed E-state index contributed by atoms with van der Waals surface area (Å²) < 4.78 is 0. The van der Waals surface area contributed by atoms with Crippen LogP contribution in [-0.4, -0.2) is 17.7 Å². The van der Waals surface area contributed by atoms with Crippen molar-refractivity contribution in [1.29, 1.82) is 0 Å². The van der Waals surface area contributed by atoms with Gasteiger partial charge in [0.05, 0.1) is 5.71 Å². The fourth-order valence-electron chi connectivity index (χ4n) is 2.36. The van der Waals surface area contributed by atoms with Crippen molar-refractivity contribution in [1.82, 2.24) is 0 Å². The van der Waals surface area contributed by atoms with Gasteiger partial charge in [-0.2, -0.15) is 0 Å². The first-order chi connectivity index (χ1) is 9.97. The number of nitrogens with one attached hydrogen (secondary N) is 1. The van der Waals surface area contributed by atoms with Crippen LogP contribution < -0.4 is 5.32 Å². The molecule has 0 saturated carbocycles. The molecule has 0 spiro atoms. The third-order valence-corrected chi connectivity index (χ3v) is 5.05. The lowest BCUT2D eigenvalue weighted by Crippen LogP contribution is -2.21. The number of carbonyl (C=O) groups is 1. The molecule has 2 aromatic rings. The van der Waals surface area contributed by atoms with Crippen LogP contribution >= 0.6 is 22.9 Å². The van der Waals surface area contributed by atoms with Crippen LogP contribution in [0.3, 0.4) is 0 Å². The molecule has 0 radical (unpaired) electrons. The van der Waals surface area contributed by atoms with Crippen molar-refractivity contribution in [3.8, 4) is 0 Å². The summed E-state index contributed by atoms with van der Waals surface area (Å²) in [5.74, 6) is -0.0681. The molecule has 21 heavy (non-hydrogen) atoms. The summed E-state index contributed by atoms with van der Waals surface area (Å²) in [6.07, 6.45) is 0. The standard InChI is InChI=1S/C16H15ClN2OS/c1-8-10(3)21-16-13(8)14(18-9(2)15(20)19-16)11-4-6-12(17)7-5-11/h4-7,9H,1-3H3,(H,19,20)/t9-/m0/s1. The summed E-state index contributed by atoms with van der Waals surface area (Å²) in [6.45, 7) is 5.94. The summed E-state index contributed by atoms with van der Waals surface area (Å²) in [5, 5.41) is 4.55. The van der Waals surface area contributed by atoms with Gasteiger partial charge in [-0.1, -0.05) is 23.7 Å². The number of nitrogens with zero attached hydrogens (tertiary/aromatic N) is 1. The number of anilines is 1. The fraction of sp³-hybridized carbons (Fsp3) is 0.250. The molecule has 5 heteroatoms. The molecular weight excluding hydrogens is 304 g/mol. The first-order valence-corrected chi connectivity index (χ1v) is 7.92. The Morgan fingerprint density at radius 1 is 1.24 bits per heavy atom.